The molecule has 1 aromatic heterocycles. The Labute approximate surface area is 218 Å². The number of aromatic nitrogens is 2. The Balaban J connectivity index is 1.76. The summed E-state index contributed by atoms with van der Waals surface area (Å²) in [5.74, 6) is 1.19. The highest BCUT2D eigenvalue weighted by molar-refractivity contribution is 6.00. The number of benzene rings is 2. The second-order valence-electron chi connectivity index (χ2n) is 9.63. The zero-order valence-electron chi connectivity index (χ0n) is 22.1. The van der Waals surface area contributed by atoms with E-state index in [0.29, 0.717) is 53.6 Å². The van der Waals surface area contributed by atoms with E-state index in [0.717, 1.165) is 29.5 Å². The number of nitrogens with one attached hydrogen (secondary N) is 1. The van der Waals surface area contributed by atoms with E-state index < -0.39 is 6.04 Å². The molecule has 37 heavy (non-hydrogen) atoms. The lowest BCUT2D eigenvalue weighted by molar-refractivity contribution is 0.0732. The van der Waals surface area contributed by atoms with Gasteiger partial charge in [-0.3, -0.25) is 9.89 Å². The maximum absolute atomic E-state index is 13.5. The predicted molar refractivity (Wildman–Crippen MR) is 142 cm³/mol. The molecule has 0 fully saturated rings. The van der Waals surface area contributed by atoms with Crippen LogP contribution in [0.2, 0.25) is 0 Å². The van der Waals surface area contributed by atoms with Crippen LogP contribution >= 0.6 is 0 Å². The van der Waals surface area contributed by atoms with Gasteiger partial charge in [-0.05, 0) is 61.6 Å². The van der Waals surface area contributed by atoms with E-state index in [1.807, 2.05) is 38.1 Å². The number of amides is 1. The zero-order valence-corrected chi connectivity index (χ0v) is 22.1. The second kappa shape index (κ2) is 11.7. The van der Waals surface area contributed by atoms with Crippen molar-refractivity contribution in [2.24, 2.45) is 0 Å². The molecule has 0 aliphatic carbocycles. The summed E-state index contributed by atoms with van der Waals surface area (Å²) in [6.45, 7) is 6.99. The molecule has 4 rings (SSSR count). The first-order chi connectivity index (χ1) is 17.9. The summed E-state index contributed by atoms with van der Waals surface area (Å²) in [6.07, 6.45) is 4.90. The molecule has 1 amide bonds. The Kier molecular flexibility index (Phi) is 8.38. The van der Waals surface area contributed by atoms with Crippen LogP contribution in [-0.2, 0) is 0 Å². The minimum absolute atomic E-state index is 0.0263. The minimum atomic E-state index is -0.463. The van der Waals surface area contributed by atoms with Gasteiger partial charge in [0, 0.05) is 24.3 Å². The second-order valence-corrected chi connectivity index (χ2v) is 9.63. The van der Waals surface area contributed by atoms with Crippen LogP contribution in [0.3, 0.4) is 0 Å². The van der Waals surface area contributed by atoms with Gasteiger partial charge in [-0.1, -0.05) is 38.3 Å². The molecular formula is C29H37N3O5. The van der Waals surface area contributed by atoms with Crippen molar-refractivity contribution in [1.29, 1.82) is 0 Å². The number of carbonyl (C=O) groups excluding carboxylic acids is 1. The number of carbonyl (C=O) groups is 1. The number of aryl methyl sites for hydroxylation is 2. The zero-order chi connectivity index (χ0) is 26.5. The molecule has 3 aromatic rings. The van der Waals surface area contributed by atoms with Gasteiger partial charge < -0.3 is 24.6 Å². The predicted octanol–water partition coefficient (Wildman–Crippen LogP) is 5.29. The maximum Gasteiger partial charge on any atom is 0.273 e. The first-order valence-electron chi connectivity index (χ1n) is 13.0. The fourth-order valence-electron chi connectivity index (χ4n) is 5.14. The molecule has 1 atom stereocenters. The van der Waals surface area contributed by atoms with Gasteiger partial charge in [0.1, 0.15) is 17.1 Å². The van der Waals surface area contributed by atoms with Crippen LogP contribution in [0.1, 0.15) is 77.8 Å². The number of aromatic hydroxyl groups is 1. The van der Waals surface area contributed by atoms with Crippen molar-refractivity contribution in [3.05, 3.63) is 58.3 Å². The average Bonchev–Trinajstić information content (AvgIpc) is 3.41. The third-order valence-electron chi connectivity index (χ3n) is 6.88. The first kappa shape index (κ1) is 26.5. The number of fused-ring (bicyclic) bond motifs is 1. The summed E-state index contributed by atoms with van der Waals surface area (Å²) in [5.41, 5.74) is 4.91. The SMILES string of the molecule is CCCCCCOc1ccc(C2c3c(-c4c(C)cc(C)cc4O)n[nH]c3C(=O)N2CCCO)cc1OC. The average molecular weight is 508 g/mol. The summed E-state index contributed by atoms with van der Waals surface area (Å²) in [4.78, 5) is 15.2. The summed E-state index contributed by atoms with van der Waals surface area (Å²) < 4.78 is 11.7. The monoisotopic (exact) mass is 507 g/mol. The van der Waals surface area contributed by atoms with E-state index in [1.165, 1.54) is 12.8 Å². The fraction of sp³-hybridized carbons (Fsp3) is 0.448. The third kappa shape index (κ3) is 5.30. The quantitative estimate of drug-likeness (QED) is 0.287. The van der Waals surface area contributed by atoms with Crippen molar-refractivity contribution in [1.82, 2.24) is 15.1 Å². The number of ether oxygens (including phenoxy) is 2. The number of methoxy groups -OCH3 is 1. The number of unbranched alkanes of at least 4 members (excludes halogenated alkanes) is 3. The minimum Gasteiger partial charge on any atom is -0.507 e. The van der Waals surface area contributed by atoms with Crippen molar-refractivity contribution >= 4 is 5.91 Å². The Morgan fingerprint density at radius 2 is 1.89 bits per heavy atom. The molecular weight excluding hydrogens is 470 g/mol. The molecule has 2 heterocycles. The standard InChI is InChI=1S/C29H37N3O5/c1-5-6-7-8-14-37-22-11-10-20(17-23(22)36-4)28-25-26(24-19(3)15-18(2)16-21(24)34)30-31-27(25)29(35)32(28)12-9-13-33/h10-11,15-17,28,33-34H,5-9,12-14H2,1-4H3,(H,30,31). The molecule has 0 radical (unpaired) electrons. The molecule has 198 valence electrons. The summed E-state index contributed by atoms with van der Waals surface area (Å²) in [6, 6.07) is 8.96. The Hall–Kier alpha value is -3.52. The lowest BCUT2D eigenvalue weighted by Gasteiger charge is -2.27. The van der Waals surface area contributed by atoms with Crippen LogP contribution < -0.4 is 9.47 Å². The van der Waals surface area contributed by atoms with E-state index >= 15 is 0 Å². The van der Waals surface area contributed by atoms with Crippen LogP contribution in [0, 0.1) is 13.8 Å². The molecule has 0 saturated heterocycles. The van der Waals surface area contributed by atoms with E-state index in [1.54, 1.807) is 18.1 Å². The van der Waals surface area contributed by atoms with Gasteiger partial charge >= 0.3 is 0 Å². The highest BCUT2D eigenvalue weighted by Gasteiger charge is 2.42. The number of phenols is 1. The van der Waals surface area contributed by atoms with Crippen LogP contribution in [0.15, 0.2) is 30.3 Å². The number of rotatable bonds is 12. The molecule has 0 spiro atoms. The van der Waals surface area contributed by atoms with Crippen molar-refractivity contribution in [2.45, 2.75) is 58.9 Å². The smallest absolute Gasteiger partial charge is 0.273 e. The van der Waals surface area contributed by atoms with Gasteiger partial charge in [-0.25, -0.2) is 0 Å². The first-order valence-corrected chi connectivity index (χ1v) is 13.0. The Morgan fingerprint density at radius 1 is 1.08 bits per heavy atom. The summed E-state index contributed by atoms with van der Waals surface area (Å²) in [5, 5.41) is 27.7. The van der Waals surface area contributed by atoms with E-state index in [4.69, 9.17) is 9.47 Å². The molecule has 1 unspecified atom stereocenters. The molecule has 2 aromatic carbocycles. The topological polar surface area (TPSA) is 108 Å². The Bertz CT molecular complexity index is 1230. The number of H-pyrrole nitrogens is 1. The molecule has 8 nitrogen and oxygen atoms in total. The lowest BCUT2D eigenvalue weighted by atomic mass is 9.93. The number of nitrogens with zero attached hydrogens (tertiary/aromatic N) is 2. The van der Waals surface area contributed by atoms with Gasteiger partial charge in [0.15, 0.2) is 11.5 Å². The fourth-order valence-corrected chi connectivity index (χ4v) is 5.14. The Morgan fingerprint density at radius 3 is 2.59 bits per heavy atom. The van der Waals surface area contributed by atoms with Gasteiger partial charge in [-0.2, -0.15) is 5.10 Å². The molecule has 1 aliphatic rings. The number of hydrogen-bond acceptors (Lipinski definition) is 6. The molecule has 8 heteroatoms. The van der Waals surface area contributed by atoms with Gasteiger partial charge in [0.25, 0.3) is 5.91 Å². The summed E-state index contributed by atoms with van der Waals surface area (Å²) >= 11 is 0. The van der Waals surface area contributed by atoms with E-state index in [-0.39, 0.29) is 18.3 Å². The highest BCUT2D eigenvalue weighted by Crippen LogP contribution is 2.46. The lowest BCUT2D eigenvalue weighted by Crippen LogP contribution is -2.31. The number of phenolic OH excluding ortho intramolecular Hbond substituents is 1. The molecule has 0 saturated carbocycles. The molecule has 3 N–H and O–H groups in total. The normalized spacial score (nSPS) is 14.8. The number of hydrogen-bond donors (Lipinski definition) is 3. The van der Waals surface area contributed by atoms with Crippen molar-refractivity contribution in [3.8, 4) is 28.5 Å². The van der Waals surface area contributed by atoms with Crippen molar-refractivity contribution in [3.63, 3.8) is 0 Å². The molecule has 1 aliphatic heterocycles. The number of aromatic amines is 1. The highest BCUT2D eigenvalue weighted by atomic mass is 16.5. The van der Waals surface area contributed by atoms with E-state index in [2.05, 4.69) is 17.1 Å². The third-order valence-corrected chi connectivity index (χ3v) is 6.88. The van der Waals surface area contributed by atoms with Crippen molar-refractivity contribution < 1.29 is 24.5 Å². The van der Waals surface area contributed by atoms with Gasteiger partial charge in [0.05, 0.1) is 19.8 Å². The largest absolute Gasteiger partial charge is 0.507 e. The van der Waals surface area contributed by atoms with Crippen LogP contribution in [-0.4, -0.2) is 58.1 Å². The van der Waals surface area contributed by atoms with Crippen LogP contribution in [0.4, 0.5) is 0 Å². The van der Waals surface area contributed by atoms with Crippen molar-refractivity contribution in [2.75, 3.05) is 26.9 Å². The number of aliphatic hydroxyl groups excluding tert-OH is 1. The summed E-state index contributed by atoms with van der Waals surface area (Å²) in [7, 11) is 1.61. The molecule has 0 bridgehead atoms. The van der Waals surface area contributed by atoms with E-state index in [9.17, 15) is 15.0 Å². The van der Waals surface area contributed by atoms with Crippen LogP contribution in [0.25, 0.3) is 11.3 Å². The maximum atomic E-state index is 13.5. The van der Waals surface area contributed by atoms with Gasteiger partial charge in [0.2, 0.25) is 0 Å². The van der Waals surface area contributed by atoms with Gasteiger partial charge in [-0.15, -0.1) is 0 Å². The number of aliphatic hydroxyl groups is 1. The van der Waals surface area contributed by atoms with Crippen LogP contribution in [0.5, 0.6) is 17.2 Å².